The van der Waals surface area contributed by atoms with Crippen molar-refractivity contribution in [2.45, 2.75) is 0 Å². The van der Waals surface area contributed by atoms with Crippen LogP contribution in [0.4, 0.5) is 0 Å². The molecule has 0 radical (unpaired) electrons. The maximum absolute atomic E-state index is 7.56. The molecule has 0 aromatic carbocycles. The van der Waals surface area contributed by atoms with Crippen LogP contribution in [0.2, 0.25) is 0 Å². The van der Waals surface area contributed by atoms with E-state index in [2.05, 4.69) is 11.8 Å². The average molecular weight is 232 g/mol. The molecule has 0 aliphatic carbocycles. The molecular weight excluding hydrogens is 226 g/mol. The molecule has 0 aliphatic rings. The van der Waals surface area contributed by atoms with E-state index in [4.69, 9.17) is 14.7 Å². The van der Waals surface area contributed by atoms with Crippen LogP contribution in [-0.2, 0) is 11.8 Å². The van der Waals surface area contributed by atoms with Gasteiger partial charge in [-0.2, -0.15) is 0 Å². The Labute approximate surface area is 59.0 Å². The summed E-state index contributed by atoms with van der Waals surface area (Å²) in [5.41, 5.74) is 0. The van der Waals surface area contributed by atoms with Crippen molar-refractivity contribution in [2.75, 3.05) is 0 Å². The van der Waals surface area contributed by atoms with Crippen molar-refractivity contribution in [1.82, 2.24) is 0 Å². The van der Waals surface area contributed by atoms with Crippen molar-refractivity contribution in [3.63, 3.8) is 0 Å². The van der Waals surface area contributed by atoms with E-state index in [-0.39, 0.29) is 25.8 Å². The molecule has 3 N–H and O–H groups in total. The van der Waals surface area contributed by atoms with Gasteiger partial charge in [-0.1, -0.05) is 0 Å². The summed E-state index contributed by atoms with van der Waals surface area (Å²) < 4.78 is 0. The molecule has 0 amide bonds. The predicted molar refractivity (Wildman–Crippen MR) is 30.9 cm³/mol. The van der Waals surface area contributed by atoms with E-state index in [0.717, 1.165) is 0 Å². The van der Waals surface area contributed by atoms with Gasteiger partial charge in [0.2, 0.25) is 0 Å². The summed E-state index contributed by atoms with van der Waals surface area (Å²) in [6.07, 6.45) is 0. The summed E-state index contributed by atoms with van der Waals surface area (Å²) in [6, 6.07) is 0. The fourth-order valence-corrected chi connectivity index (χ4v) is 0. The molecule has 0 fully saturated rings. The monoisotopic (exact) mass is 232 g/mol. The van der Waals surface area contributed by atoms with Crippen LogP contribution in [0.5, 0.6) is 0 Å². The fourth-order valence-electron chi connectivity index (χ4n) is 0. The molecule has 0 spiro atoms. The van der Waals surface area contributed by atoms with Crippen LogP contribution in [0, 0.1) is 0 Å². The van der Waals surface area contributed by atoms with Crippen LogP contribution in [-0.4, -0.2) is 40.5 Å². The zero-order valence-corrected chi connectivity index (χ0v) is 3.91. The second-order valence-electron chi connectivity index (χ2n) is 0.513. The molecule has 0 bridgehead atoms. The van der Waals surface area contributed by atoms with Crippen molar-refractivity contribution < 1.29 is 14.7 Å². The fraction of sp³-hybridized carbons (Fsp3) is 0. The summed E-state index contributed by atoms with van der Waals surface area (Å²) in [5.74, 6) is 0. The van der Waals surface area contributed by atoms with Crippen molar-refractivity contribution >= 4 is 44.4 Å². The van der Waals surface area contributed by atoms with Gasteiger partial charge in [-0.15, -0.1) is 0 Å². The molecule has 3 nitrogen and oxygen atoms in total. The zero-order valence-electron chi connectivity index (χ0n) is 2.20. The van der Waals surface area contributed by atoms with Crippen molar-refractivity contribution in [1.29, 1.82) is 0 Å². The molecule has 6 heavy (non-hydrogen) atoms. The zero-order chi connectivity index (χ0) is 4.50. The van der Waals surface area contributed by atoms with Gasteiger partial charge in [-0.25, -0.2) is 0 Å². The topological polar surface area (TPSA) is 60.7 Å². The SMILES string of the molecule is OP(O)(O)=S.[InH3]. The van der Waals surface area contributed by atoms with Gasteiger partial charge in [0.1, 0.15) is 0 Å². The third-order valence-corrected chi connectivity index (χ3v) is 0. The van der Waals surface area contributed by atoms with Crippen LogP contribution in [0.3, 0.4) is 0 Å². The van der Waals surface area contributed by atoms with Gasteiger partial charge >= 0.3 is 32.6 Å². The van der Waals surface area contributed by atoms with Crippen LogP contribution in [0.15, 0.2) is 0 Å². The van der Waals surface area contributed by atoms with Crippen molar-refractivity contribution in [2.24, 2.45) is 0 Å². The van der Waals surface area contributed by atoms with E-state index in [1.165, 1.54) is 0 Å². The quantitative estimate of drug-likeness (QED) is 0.423. The Morgan fingerprint density at radius 2 is 1.17 bits per heavy atom. The average Bonchev–Trinajstić information content (AvgIpc) is 0.722. The molecule has 0 aromatic rings. The summed E-state index contributed by atoms with van der Waals surface area (Å²) >= 11 is 3.60. The molecule has 0 unspecified atom stereocenters. The molecule has 38 valence electrons. The number of rotatable bonds is 0. The minimum atomic E-state index is -3.81. The first-order valence-corrected chi connectivity index (χ1v) is 3.44. The molecule has 0 rings (SSSR count). The van der Waals surface area contributed by atoms with E-state index in [1.54, 1.807) is 0 Å². The van der Waals surface area contributed by atoms with Gasteiger partial charge in [0.05, 0.1) is 0 Å². The van der Waals surface area contributed by atoms with Crippen molar-refractivity contribution in [3.8, 4) is 0 Å². The normalized spacial score (nSPS) is 9.83. The summed E-state index contributed by atoms with van der Waals surface area (Å²) in [7, 11) is 0. The van der Waals surface area contributed by atoms with E-state index >= 15 is 0 Å². The van der Waals surface area contributed by atoms with Crippen LogP contribution in [0.1, 0.15) is 0 Å². The Kier molecular flexibility index (Phi) is 5.90. The Balaban J connectivity index is 0. The molecule has 6 heteroatoms. The van der Waals surface area contributed by atoms with Gasteiger partial charge in [0.25, 0.3) is 0 Å². The van der Waals surface area contributed by atoms with Crippen molar-refractivity contribution in [3.05, 3.63) is 0 Å². The molecule has 0 saturated carbocycles. The third-order valence-electron chi connectivity index (χ3n) is 0. The van der Waals surface area contributed by atoms with Gasteiger partial charge in [-0.3, -0.25) is 0 Å². The van der Waals surface area contributed by atoms with Gasteiger partial charge < -0.3 is 14.7 Å². The first kappa shape index (κ1) is 10.4. The Morgan fingerprint density at radius 3 is 1.17 bits per heavy atom. The Hall–Kier alpha value is 1.40. The van der Waals surface area contributed by atoms with Gasteiger partial charge in [-0.05, 0) is 11.8 Å². The van der Waals surface area contributed by atoms with E-state index in [1.807, 2.05) is 0 Å². The Bertz CT molecular complexity index is 56.9. The van der Waals surface area contributed by atoms with Crippen LogP contribution < -0.4 is 0 Å². The minimum absolute atomic E-state index is 0. The van der Waals surface area contributed by atoms with Crippen LogP contribution >= 0.6 is 6.72 Å². The second kappa shape index (κ2) is 3.41. The van der Waals surface area contributed by atoms with Crippen LogP contribution in [0.25, 0.3) is 0 Å². The van der Waals surface area contributed by atoms with Gasteiger partial charge in [0, 0.05) is 0 Å². The Morgan fingerprint density at radius 1 is 1.17 bits per heavy atom. The van der Waals surface area contributed by atoms with E-state index in [9.17, 15) is 0 Å². The summed E-state index contributed by atoms with van der Waals surface area (Å²) in [6.45, 7) is -3.81. The molecule has 0 heterocycles. The van der Waals surface area contributed by atoms with E-state index in [0.29, 0.717) is 0 Å². The number of hydrogen-bond acceptors (Lipinski definition) is 1. The van der Waals surface area contributed by atoms with E-state index < -0.39 is 6.72 Å². The summed E-state index contributed by atoms with van der Waals surface area (Å²) in [4.78, 5) is 22.7. The molecular formula is H6InO3PS. The standard InChI is InChI=1S/In.H3O3PS.3H/c;1-4(2,3)5;;;/h;(H3,1,2,3,5);;;. The first-order valence-electron chi connectivity index (χ1n) is 0.783. The second-order valence-corrected chi connectivity index (χ2v) is 3.01. The van der Waals surface area contributed by atoms with Gasteiger partial charge in [0.15, 0.2) is 0 Å². The first-order chi connectivity index (χ1) is 2.00. The molecule has 0 saturated heterocycles. The molecule has 0 aliphatic heterocycles. The number of hydrogen-bond donors (Lipinski definition) is 3. The maximum atomic E-state index is 7.56. The summed E-state index contributed by atoms with van der Waals surface area (Å²) in [5, 5.41) is 0. The third kappa shape index (κ3) is 53.3. The molecule has 0 aromatic heterocycles. The predicted octanol–water partition coefficient (Wildman–Crippen LogP) is -2.00. The molecule has 0 atom stereocenters.